The first-order valence-electron chi connectivity index (χ1n) is 6.75. The average molecular weight is 342 g/mol. The van der Waals surface area contributed by atoms with Gasteiger partial charge in [0.1, 0.15) is 12.4 Å². The summed E-state index contributed by atoms with van der Waals surface area (Å²) in [5.41, 5.74) is 0. The van der Waals surface area contributed by atoms with Crippen LogP contribution < -0.4 is 10.2 Å². The van der Waals surface area contributed by atoms with Gasteiger partial charge in [-0.3, -0.25) is 0 Å². The molecule has 1 aromatic rings. The molecule has 1 N–H and O–H groups in total. The van der Waals surface area contributed by atoms with Gasteiger partial charge in [-0.15, -0.1) is 0 Å². The van der Waals surface area contributed by atoms with E-state index in [-0.39, 0.29) is 16.9 Å². The van der Waals surface area contributed by atoms with Crippen LogP contribution in [0.1, 0.15) is 26.2 Å². The van der Waals surface area contributed by atoms with E-state index < -0.39 is 12.7 Å². The summed E-state index contributed by atoms with van der Waals surface area (Å²) < 4.78 is 38.2. The first kappa shape index (κ1) is 16.5. The molecule has 0 radical (unpaired) electrons. The van der Waals surface area contributed by atoms with Crippen molar-refractivity contribution < 1.29 is 13.2 Å². The summed E-state index contributed by atoms with van der Waals surface area (Å²) in [5.74, 6) is 0.505. The lowest BCUT2D eigenvalue weighted by Crippen LogP contribution is -2.36. The number of hydrogen-bond donors (Lipinski definition) is 1. The molecular weight excluding hydrogens is 326 g/mol. The van der Waals surface area contributed by atoms with Crippen LogP contribution in [-0.4, -0.2) is 30.3 Å². The second-order valence-electron chi connectivity index (χ2n) is 5.03. The lowest BCUT2D eigenvalue weighted by Gasteiger charge is -2.26. The molecule has 0 aliphatic heterocycles. The highest BCUT2D eigenvalue weighted by atomic mass is 35.5. The minimum atomic E-state index is -4.30. The predicted molar refractivity (Wildman–Crippen MR) is 79.5 cm³/mol. The van der Waals surface area contributed by atoms with Gasteiger partial charge in [-0.2, -0.15) is 13.2 Å². The molecule has 1 aliphatic carbocycles. The third kappa shape index (κ3) is 4.54. The average Bonchev–Trinajstić information content (AvgIpc) is 3.18. The molecule has 1 fully saturated rings. The molecule has 0 amide bonds. The Labute approximate surface area is 131 Å². The summed E-state index contributed by atoms with van der Waals surface area (Å²) in [4.78, 5) is 5.42. The molecule has 118 valence electrons. The highest BCUT2D eigenvalue weighted by molar-refractivity contribution is 6.37. The molecule has 2 rings (SSSR count). The zero-order chi connectivity index (χ0) is 15.6. The summed E-state index contributed by atoms with van der Waals surface area (Å²) in [7, 11) is 0. The van der Waals surface area contributed by atoms with E-state index in [9.17, 15) is 13.2 Å². The van der Waals surface area contributed by atoms with Crippen LogP contribution in [0.2, 0.25) is 10.0 Å². The number of anilines is 2. The van der Waals surface area contributed by atoms with Crippen molar-refractivity contribution in [1.29, 1.82) is 0 Å². The van der Waals surface area contributed by atoms with Crippen molar-refractivity contribution in [2.45, 2.75) is 38.4 Å². The molecule has 0 saturated heterocycles. The maximum atomic E-state index is 12.7. The largest absolute Gasteiger partial charge is 0.405 e. The maximum absolute atomic E-state index is 12.7. The van der Waals surface area contributed by atoms with E-state index in [4.69, 9.17) is 23.2 Å². The monoisotopic (exact) mass is 341 g/mol. The molecular formula is C13H16Cl2F3N3. The highest BCUT2D eigenvalue weighted by Crippen LogP contribution is 2.39. The first-order chi connectivity index (χ1) is 9.81. The van der Waals surface area contributed by atoms with Crippen molar-refractivity contribution in [3.05, 3.63) is 16.1 Å². The molecule has 0 unspecified atom stereocenters. The molecule has 1 aromatic heterocycles. The molecule has 1 saturated carbocycles. The number of nitrogens with one attached hydrogen (secondary N) is 1. The number of pyridine rings is 1. The summed E-state index contributed by atoms with van der Waals surface area (Å²) >= 11 is 12.1. The van der Waals surface area contributed by atoms with E-state index in [1.165, 1.54) is 11.0 Å². The number of nitrogens with zero attached hydrogens (tertiary/aromatic N) is 2. The first-order valence-corrected chi connectivity index (χ1v) is 7.50. The second-order valence-corrected chi connectivity index (χ2v) is 5.84. The fraction of sp³-hybridized carbons (Fsp3) is 0.615. The van der Waals surface area contributed by atoms with Gasteiger partial charge in [0.15, 0.2) is 5.82 Å². The molecule has 1 aliphatic rings. The zero-order valence-corrected chi connectivity index (χ0v) is 13.0. The quantitative estimate of drug-likeness (QED) is 0.809. The van der Waals surface area contributed by atoms with Crippen molar-refractivity contribution in [2.24, 2.45) is 0 Å². The Bertz CT molecular complexity index is 504. The van der Waals surface area contributed by atoms with E-state index in [1.54, 1.807) is 0 Å². The summed E-state index contributed by atoms with van der Waals surface area (Å²) in [6.45, 7) is 1.55. The lowest BCUT2D eigenvalue weighted by molar-refractivity contribution is -0.120. The van der Waals surface area contributed by atoms with E-state index in [1.807, 2.05) is 6.92 Å². The standard InChI is InChI=1S/C13H16Cl2F3N3/c1-2-5-19-11-9(14)6-10(15)12(20-11)21(8-3-4-8)7-13(16,17)18/h6,8H,2-5,7H2,1H3,(H,19,20). The smallest absolute Gasteiger partial charge is 0.369 e. The Balaban J connectivity index is 2.30. The van der Waals surface area contributed by atoms with Gasteiger partial charge in [0.2, 0.25) is 0 Å². The number of aromatic nitrogens is 1. The number of alkyl halides is 3. The van der Waals surface area contributed by atoms with E-state index >= 15 is 0 Å². The van der Waals surface area contributed by atoms with Gasteiger partial charge in [0, 0.05) is 12.6 Å². The van der Waals surface area contributed by atoms with Gasteiger partial charge in [-0.25, -0.2) is 4.98 Å². The minimum absolute atomic E-state index is 0.137. The Morgan fingerprint density at radius 3 is 2.52 bits per heavy atom. The van der Waals surface area contributed by atoms with E-state index in [0.29, 0.717) is 30.2 Å². The van der Waals surface area contributed by atoms with Crippen molar-refractivity contribution in [1.82, 2.24) is 4.98 Å². The molecule has 3 nitrogen and oxygen atoms in total. The summed E-state index contributed by atoms with van der Waals surface area (Å²) in [6.07, 6.45) is -2.02. The number of hydrogen-bond acceptors (Lipinski definition) is 3. The fourth-order valence-corrected chi connectivity index (χ4v) is 2.52. The second kappa shape index (κ2) is 6.48. The third-order valence-corrected chi connectivity index (χ3v) is 3.63. The fourth-order valence-electron chi connectivity index (χ4n) is 1.98. The van der Waals surface area contributed by atoms with Gasteiger partial charge in [-0.1, -0.05) is 30.1 Å². The zero-order valence-electron chi connectivity index (χ0n) is 11.5. The topological polar surface area (TPSA) is 28.2 Å². The van der Waals surface area contributed by atoms with Gasteiger partial charge in [0.05, 0.1) is 10.0 Å². The van der Waals surface area contributed by atoms with Crippen LogP contribution >= 0.6 is 23.2 Å². The molecule has 0 bridgehead atoms. The number of rotatable bonds is 6. The Kier molecular flexibility index (Phi) is 5.09. The molecule has 0 aromatic carbocycles. The molecule has 21 heavy (non-hydrogen) atoms. The van der Waals surface area contributed by atoms with Crippen LogP contribution in [0.25, 0.3) is 0 Å². The van der Waals surface area contributed by atoms with Crippen molar-refractivity contribution in [3.63, 3.8) is 0 Å². The molecule has 1 heterocycles. The SMILES string of the molecule is CCCNc1nc(N(CC(F)(F)F)C2CC2)c(Cl)cc1Cl. The predicted octanol–water partition coefficient (Wildman–Crippen LogP) is 4.74. The van der Waals surface area contributed by atoms with Gasteiger partial charge >= 0.3 is 6.18 Å². The van der Waals surface area contributed by atoms with Gasteiger partial charge in [-0.05, 0) is 25.3 Å². The van der Waals surface area contributed by atoms with Crippen LogP contribution in [0.5, 0.6) is 0 Å². The van der Waals surface area contributed by atoms with Crippen molar-refractivity contribution in [2.75, 3.05) is 23.3 Å². The van der Waals surface area contributed by atoms with Crippen LogP contribution in [0.4, 0.5) is 24.8 Å². The maximum Gasteiger partial charge on any atom is 0.405 e. The summed E-state index contributed by atoms with van der Waals surface area (Å²) in [6, 6.07) is 1.28. The van der Waals surface area contributed by atoms with E-state index in [2.05, 4.69) is 10.3 Å². The number of halogens is 5. The Morgan fingerprint density at radius 2 is 2.00 bits per heavy atom. The van der Waals surface area contributed by atoms with Crippen LogP contribution in [-0.2, 0) is 0 Å². The molecule has 0 spiro atoms. The van der Waals surface area contributed by atoms with E-state index in [0.717, 1.165) is 6.42 Å². The van der Waals surface area contributed by atoms with Crippen LogP contribution in [0, 0.1) is 0 Å². The normalized spacial score (nSPS) is 15.1. The van der Waals surface area contributed by atoms with Crippen LogP contribution in [0.15, 0.2) is 6.07 Å². The van der Waals surface area contributed by atoms with Crippen LogP contribution in [0.3, 0.4) is 0 Å². The molecule has 8 heteroatoms. The molecule has 0 atom stereocenters. The highest BCUT2D eigenvalue weighted by Gasteiger charge is 2.39. The Morgan fingerprint density at radius 1 is 1.33 bits per heavy atom. The minimum Gasteiger partial charge on any atom is -0.369 e. The van der Waals surface area contributed by atoms with Crippen molar-refractivity contribution in [3.8, 4) is 0 Å². The van der Waals surface area contributed by atoms with Crippen molar-refractivity contribution >= 4 is 34.8 Å². The third-order valence-electron chi connectivity index (χ3n) is 3.06. The Hall–Kier alpha value is -0.880. The van der Waals surface area contributed by atoms with Gasteiger partial charge < -0.3 is 10.2 Å². The summed E-state index contributed by atoms with van der Waals surface area (Å²) in [5, 5.41) is 3.44. The lowest BCUT2D eigenvalue weighted by atomic mass is 10.3. The van der Waals surface area contributed by atoms with Gasteiger partial charge in [0.25, 0.3) is 0 Å².